The van der Waals surface area contributed by atoms with E-state index in [-0.39, 0.29) is 29.5 Å². The van der Waals surface area contributed by atoms with Gasteiger partial charge in [0.2, 0.25) is 0 Å². The first-order chi connectivity index (χ1) is 15.8. The van der Waals surface area contributed by atoms with Crippen molar-refractivity contribution in [3.05, 3.63) is 64.7 Å². The molecule has 0 saturated carbocycles. The summed E-state index contributed by atoms with van der Waals surface area (Å²) in [5.74, 6) is -2.12. The molecule has 0 unspecified atom stereocenters. The Balaban J connectivity index is 1.29. The van der Waals surface area contributed by atoms with Gasteiger partial charge >= 0.3 is 17.8 Å². The number of piperazine rings is 1. The Labute approximate surface area is 194 Å². The Morgan fingerprint density at radius 2 is 1.76 bits per heavy atom. The lowest BCUT2D eigenvalue weighted by atomic mass is 10.0. The van der Waals surface area contributed by atoms with Crippen molar-refractivity contribution >= 4 is 35.1 Å². The van der Waals surface area contributed by atoms with Gasteiger partial charge in [0.05, 0.1) is 5.02 Å². The first-order valence-electron chi connectivity index (χ1n) is 10.7. The maximum absolute atomic E-state index is 13.4. The van der Waals surface area contributed by atoms with Crippen LogP contribution in [0.1, 0.15) is 18.4 Å². The molecule has 2 aromatic rings. The summed E-state index contributed by atoms with van der Waals surface area (Å²) >= 11 is 5.75. The third-order valence-corrected chi connectivity index (χ3v) is 6.26. The van der Waals surface area contributed by atoms with Gasteiger partial charge in [-0.1, -0.05) is 23.7 Å². The number of anilines is 1. The highest BCUT2D eigenvalue weighted by molar-refractivity contribution is 6.35. The largest absolute Gasteiger partial charge is 0.330 e. The lowest BCUT2D eigenvalue weighted by Crippen LogP contribution is -2.59. The number of carbonyl (C=O) groups is 3. The number of halogens is 3. The highest BCUT2D eigenvalue weighted by atomic mass is 35.5. The summed E-state index contributed by atoms with van der Waals surface area (Å²) in [6.07, 6.45) is 1.08. The molecule has 0 atom stereocenters. The molecule has 0 aliphatic carbocycles. The minimum atomic E-state index is -0.598. The standard InChI is InChI=1S/C23H23ClF2N4O3/c24-19-13-17(4-5-20(19)26)27-23(33)28-8-6-18(7-9-28)30-11-10-29(21(31)22(30)32)14-15-2-1-3-16(25)12-15/h1-5,12-13,18H,6-11,14H2,(H,27,33). The average Bonchev–Trinajstić information content (AvgIpc) is 2.80. The minimum Gasteiger partial charge on any atom is -0.330 e. The fourth-order valence-corrected chi connectivity index (χ4v) is 4.38. The number of nitrogens with zero attached hydrogens (tertiary/aromatic N) is 3. The molecule has 174 valence electrons. The van der Waals surface area contributed by atoms with Gasteiger partial charge in [-0.25, -0.2) is 13.6 Å². The Morgan fingerprint density at radius 1 is 1.00 bits per heavy atom. The molecule has 33 heavy (non-hydrogen) atoms. The first-order valence-corrected chi connectivity index (χ1v) is 11.0. The molecule has 2 aliphatic heterocycles. The number of amides is 4. The number of benzene rings is 2. The van der Waals surface area contributed by atoms with E-state index < -0.39 is 17.6 Å². The fourth-order valence-electron chi connectivity index (χ4n) is 4.20. The Kier molecular flexibility index (Phi) is 6.78. The zero-order valence-corrected chi connectivity index (χ0v) is 18.5. The maximum Gasteiger partial charge on any atom is 0.321 e. The van der Waals surface area contributed by atoms with Gasteiger partial charge in [0.25, 0.3) is 0 Å². The molecular formula is C23H23ClF2N4O3. The Hall–Kier alpha value is -3.20. The van der Waals surface area contributed by atoms with Gasteiger partial charge < -0.3 is 20.0 Å². The molecule has 0 radical (unpaired) electrons. The normalized spacial score (nSPS) is 17.5. The third kappa shape index (κ3) is 5.24. The van der Waals surface area contributed by atoms with Crippen molar-refractivity contribution in [3.8, 4) is 0 Å². The summed E-state index contributed by atoms with van der Waals surface area (Å²) < 4.78 is 26.7. The van der Waals surface area contributed by atoms with Gasteiger partial charge in [-0.15, -0.1) is 0 Å². The van der Waals surface area contributed by atoms with E-state index in [0.29, 0.717) is 50.3 Å². The smallest absolute Gasteiger partial charge is 0.321 e. The number of carbonyl (C=O) groups excluding carboxylic acids is 3. The zero-order valence-electron chi connectivity index (χ0n) is 17.8. The lowest BCUT2D eigenvalue weighted by molar-refractivity contribution is -0.158. The molecule has 2 fully saturated rings. The number of rotatable bonds is 4. The Morgan fingerprint density at radius 3 is 2.45 bits per heavy atom. The predicted octanol–water partition coefficient (Wildman–Crippen LogP) is 3.49. The van der Waals surface area contributed by atoms with Gasteiger partial charge in [-0.3, -0.25) is 9.59 Å². The molecule has 7 nitrogen and oxygen atoms in total. The molecule has 0 bridgehead atoms. The van der Waals surface area contributed by atoms with E-state index in [1.807, 2.05) is 0 Å². The number of hydrogen-bond donors (Lipinski definition) is 1. The summed E-state index contributed by atoms with van der Waals surface area (Å²) in [7, 11) is 0. The van der Waals surface area contributed by atoms with Crippen LogP contribution in [0.2, 0.25) is 5.02 Å². The van der Waals surface area contributed by atoms with Crippen molar-refractivity contribution in [1.29, 1.82) is 0 Å². The number of nitrogens with one attached hydrogen (secondary N) is 1. The van der Waals surface area contributed by atoms with Gasteiger partial charge in [0, 0.05) is 44.5 Å². The molecule has 4 amide bonds. The van der Waals surface area contributed by atoms with Crippen LogP contribution >= 0.6 is 11.6 Å². The van der Waals surface area contributed by atoms with Crippen LogP contribution in [0.15, 0.2) is 42.5 Å². The molecule has 0 aromatic heterocycles. The lowest BCUT2D eigenvalue weighted by Gasteiger charge is -2.42. The monoisotopic (exact) mass is 476 g/mol. The number of likely N-dealkylation sites (tertiary alicyclic amines) is 1. The van der Waals surface area contributed by atoms with Crippen molar-refractivity contribution in [2.75, 3.05) is 31.5 Å². The summed E-state index contributed by atoms with van der Waals surface area (Å²) in [6, 6.07) is 9.45. The van der Waals surface area contributed by atoms with E-state index in [2.05, 4.69) is 5.32 Å². The number of piperidine rings is 1. The summed E-state index contributed by atoms with van der Waals surface area (Å²) in [5.41, 5.74) is 1.02. The highest BCUT2D eigenvalue weighted by Crippen LogP contribution is 2.23. The van der Waals surface area contributed by atoms with Crippen LogP contribution in [-0.2, 0) is 16.1 Å². The molecule has 10 heteroatoms. The van der Waals surface area contributed by atoms with Crippen molar-refractivity contribution in [3.63, 3.8) is 0 Å². The van der Waals surface area contributed by atoms with Crippen LogP contribution < -0.4 is 5.32 Å². The minimum absolute atomic E-state index is 0.0776. The molecule has 0 spiro atoms. The second-order valence-corrected chi connectivity index (χ2v) is 8.54. The van der Waals surface area contributed by atoms with Crippen LogP contribution in [0.4, 0.5) is 19.3 Å². The van der Waals surface area contributed by atoms with Crippen molar-refractivity contribution in [1.82, 2.24) is 14.7 Å². The molecular weight excluding hydrogens is 454 g/mol. The van der Waals surface area contributed by atoms with Crippen LogP contribution in [0.25, 0.3) is 0 Å². The predicted molar refractivity (Wildman–Crippen MR) is 119 cm³/mol. The van der Waals surface area contributed by atoms with E-state index in [4.69, 9.17) is 11.6 Å². The van der Waals surface area contributed by atoms with Crippen LogP contribution in [0.5, 0.6) is 0 Å². The highest BCUT2D eigenvalue weighted by Gasteiger charge is 2.38. The maximum atomic E-state index is 13.4. The van der Waals surface area contributed by atoms with E-state index in [0.717, 1.165) is 0 Å². The third-order valence-electron chi connectivity index (χ3n) is 5.97. The van der Waals surface area contributed by atoms with E-state index >= 15 is 0 Å². The van der Waals surface area contributed by atoms with Gasteiger partial charge in [-0.2, -0.15) is 0 Å². The van der Waals surface area contributed by atoms with E-state index in [1.54, 1.807) is 21.9 Å². The van der Waals surface area contributed by atoms with E-state index in [9.17, 15) is 23.2 Å². The molecule has 2 saturated heterocycles. The summed E-state index contributed by atoms with van der Waals surface area (Å²) in [5, 5.41) is 2.61. The summed E-state index contributed by atoms with van der Waals surface area (Å²) in [4.78, 5) is 42.5. The molecule has 2 aromatic carbocycles. The second kappa shape index (κ2) is 9.74. The SMILES string of the molecule is O=C(Nc1ccc(F)c(Cl)c1)N1CCC(N2CCN(Cc3cccc(F)c3)C(=O)C2=O)CC1. The number of urea groups is 1. The van der Waals surface area contributed by atoms with Crippen LogP contribution in [0, 0.1) is 11.6 Å². The first kappa shape index (κ1) is 23.0. The van der Waals surface area contributed by atoms with Crippen molar-refractivity contribution in [2.45, 2.75) is 25.4 Å². The summed E-state index contributed by atoms with van der Waals surface area (Å²) in [6.45, 7) is 1.77. The van der Waals surface area contributed by atoms with Crippen molar-refractivity contribution < 1.29 is 23.2 Å². The zero-order chi connectivity index (χ0) is 23.5. The van der Waals surface area contributed by atoms with Crippen LogP contribution in [-0.4, -0.2) is 64.8 Å². The molecule has 2 aliphatic rings. The van der Waals surface area contributed by atoms with Crippen molar-refractivity contribution in [2.24, 2.45) is 0 Å². The molecule has 2 heterocycles. The fraction of sp³-hybridized carbons (Fsp3) is 0.348. The molecule has 1 N–H and O–H groups in total. The average molecular weight is 477 g/mol. The topological polar surface area (TPSA) is 73.0 Å². The van der Waals surface area contributed by atoms with E-state index in [1.165, 1.54) is 35.2 Å². The van der Waals surface area contributed by atoms with Crippen LogP contribution in [0.3, 0.4) is 0 Å². The van der Waals surface area contributed by atoms with Gasteiger partial charge in [0.15, 0.2) is 0 Å². The van der Waals surface area contributed by atoms with Gasteiger partial charge in [-0.05, 0) is 48.7 Å². The second-order valence-electron chi connectivity index (χ2n) is 8.13. The molecule has 4 rings (SSSR count). The number of hydrogen-bond acceptors (Lipinski definition) is 3. The Bertz CT molecular complexity index is 1080. The van der Waals surface area contributed by atoms with Gasteiger partial charge in [0.1, 0.15) is 11.6 Å². The quantitative estimate of drug-likeness (QED) is 0.687.